The Bertz CT molecular complexity index is 723. The number of fused-ring (bicyclic) bond motifs is 1. The van der Waals surface area contributed by atoms with Gasteiger partial charge in [-0.2, -0.15) is 0 Å². The van der Waals surface area contributed by atoms with E-state index in [1.54, 1.807) is 0 Å². The van der Waals surface area contributed by atoms with Crippen LogP contribution in [0.25, 0.3) is 11.0 Å². The summed E-state index contributed by atoms with van der Waals surface area (Å²) >= 11 is 0. The number of H-pyrrole nitrogens is 1. The van der Waals surface area contributed by atoms with Crippen LogP contribution in [0, 0.1) is 0 Å². The number of benzene rings is 1. The van der Waals surface area contributed by atoms with Gasteiger partial charge in [0.15, 0.2) is 0 Å². The SMILES string of the molecule is CN(C)CC(=O)N1CCC(n2c(=O)[nH]c3ccccc32)CC1. The van der Waals surface area contributed by atoms with Crippen LogP contribution in [0.2, 0.25) is 0 Å². The first-order valence-corrected chi connectivity index (χ1v) is 7.68. The Hall–Kier alpha value is -2.08. The van der Waals surface area contributed by atoms with Gasteiger partial charge in [-0.1, -0.05) is 12.1 Å². The Morgan fingerprint density at radius 3 is 2.64 bits per heavy atom. The van der Waals surface area contributed by atoms with Crippen LogP contribution in [0.3, 0.4) is 0 Å². The van der Waals surface area contributed by atoms with Gasteiger partial charge < -0.3 is 14.8 Å². The fourth-order valence-corrected chi connectivity index (χ4v) is 3.18. The first kappa shape index (κ1) is 14.8. The van der Waals surface area contributed by atoms with E-state index in [-0.39, 0.29) is 17.6 Å². The summed E-state index contributed by atoms with van der Waals surface area (Å²) in [5.74, 6) is 0.162. The maximum atomic E-state index is 12.2. The number of likely N-dealkylation sites (tertiary alicyclic amines) is 1. The Labute approximate surface area is 129 Å². The van der Waals surface area contributed by atoms with Gasteiger partial charge in [-0.3, -0.25) is 9.36 Å². The number of carbonyl (C=O) groups is 1. The number of piperidine rings is 1. The van der Waals surface area contributed by atoms with Gasteiger partial charge in [-0.15, -0.1) is 0 Å². The molecule has 3 rings (SSSR count). The monoisotopic (exact) mass is 302 g/mol. The Kier molecular flexibility index (Phi) is 4.02. The molecule has 0 bridgehead atoms. The first-order chi connectivity index (χ1) is 10.6. The Morgan fingerprint density at radius 2 is 1.95 bits per heavy atom. The molecule has 2 aromatic rings. The molecule has 0 radical (unpaired) electrons. The molecule has 0 spiro atoms. The van der Waals surface area contributed by atoms with Crippen LogP contribution in [-0.4, -0.2) is 59.0 Å². The number of aromatic amines is 1. The van der Waals surface area contributed by atoms with Gasteiger partial charge in [0.1, 0.15) is 0 Å². The van der Waals surface area contributed by atoms with Gasteiger partial charge in [0.25, 0.3) is 0 Å². The van der Waals surface area contributed by atoms with E-state index in [4.69, 9.17) is 0 Å². The number of nitrogens with zero attached hydrogens (tertiary/aromatic N) is 3. The number of hydrogen-bond donors (Lipinski definition) is 1. The van der Waals surface area contributed by atoms with Crippen molar-refractivity contribution < 1.29 is 4.79 Å². The van der Waals surface area contributed by atoms with Crippen LogP contribution in [0.15, 0.2) is 29.1 Å². The topological polar surface area (TPSA) is 61.3 Å². The lowest BCUT2D eigenvalue weighted by atomic mass is 10.0. The molecule has 1 aliphatic heterocycles. The fraction of sp³-hybridized carbons (Fsp3) is 0.500. The normalized spacial score (nSPS) is 16.6. The number of aromatic nitrogens is 2. The molecule has 0 aliphatic carbocycles. The van der Waals surface area contributed by atoms with Crippen LogP contribution in [0.1, 0.15) is 18.9 Å². The smallest absolute Gasteiger partial charge is 0.326 e. The molecule has 1 saturated heterocycles. The number of para-hydroxylation sites is 2. The average Bonchev–Trinajstić information content (AvgIpc) is 2.82. The highest BCUT2D eigenvalue weighted by molar-refractivity contribution is 5.78. The summed E-state index contributed by atoms with van der Waals surface area (Å²) in [7, 11) is 3.80. The molecule has 118 valence electrons. The number of imidazole rings is 1. The highest BCUT2D eigenvalue weighted by atomic mass is 16.2. The van der Waals surface area contributed by atoms with Crippen molar-refractivity contribution in [1.82, 2.24) is 19.4 Å². The van der Waals surface area contributed by atoms with Crippen molar-refractivity contribution in [2.24, 2.45) is 0 Å². The van der Waals surface area contributed by atoms with Crippen LogP contribution in [-0.2, 0) is 4.79 Å². The van der Waals surface area contributed by atoms with Crippen molar-refractivity contribution in [2.45, 2.75) is 18.9 Å². The summed E-state index contributed by atoms with van der Waals surface area (Å²) in [5, 5.41) is 0. The molecule has 1 aliphatic rings. The largest absolute Gasteiger partial charge is 0.341 e. The third-order valence-corrected chi connectivity index (χ3v) is 4.26. The lowest BCUT2D eigenvalue weighted by Gasteiger charge is -2.33. The van der Waals surface area contributed by atoms with E-state index in [9.17, 15) is 9.59 Å². The van der Waals surface area contributed by atoms with Crippen molar-refractivity contribution in [3.05, 3.63) is 34.7 Å². The minimum absolute atomic E-state index is 0.0562. The number of rotatable bonds is 3. The van der Waals surface area contributed by atoms with Gasteiger partial charge >= 0.3 is 5.69 Å². The standard InChI is InChI=1S/C16H22N4O2/c1-18(2)11-15(21)19-9-7-12(8-10-19)20-14-6-4-3-5-13(14)17-16(20)22/h3-6,12H,7-11H2,1-2H3,(H,17,22). The molecule has 22 heavy (non-hydrogen) atoms. The molecule has 2 heterocycles. The van der Waals surface area contributed by atoms with E-state index in [1.807, 2.05) is 52.7 Å². The van der Waals surface area contributed by atoms with Gasteiger partial charge in [0.05, 0.1) is 17.6 Å². The van der Waals surface area contributed by atoms with Crippen LogP contribution < -0.4 is 5.69 Å². The summed E-state index contributed by atoms with van der Waals surface area (Å²) in [4.78, 5) is 31.0. The summed E-state index contributed by atoms with van der Waals surface area (Å²) in [6.45, 7) is 1.87. The molecule has 1 N–H and O–H groups in total. The van der Waals surface area contributed by atoms with Crippen molar-refractivity contribution in [3.63, 3.8) is 0 Å². The molecular formula is C16H22N4O2. The van der Waals surface area contributed by atoms with Crippen molar-refractivity contribution in [3.8, 4) is 0 Å². The van der Waals surface area contributed by atoms with Gasteiger partial charge in [-0.05, 0) is 39.1 Å². The molecule has 1 amide bonds. The van der Waals surface area contributed by atoms with E-state index in [0.717, 1.165) is 23.9 Å². The van der Waals surface area contributed by atoms with Crippen LogP contribution in [0.4, 0.5) is 0 Å². The average molecular weight is 302 g/mol. The van der Waals surface area contributed by atoms with Crippen molar-refractivity contribution in [1.29, 1.82) is 0 Å². The Morgan fingerprint density at radius 1 is 1.27 bits per heavy atom. The second-order valence-corrected chi connectivity index (χ2v) is 6.17. The molecule has 1 fully saturated rings. The number of hydrogen-bond acceptors (Lipinski definition) is 3. The summed E-state index contributed by atoms with van der Waals surface area (Å²) in [6.07, 6.45) is 1.64. The summed E-state index contributed by atoms with van der Waals surface area (Å²) < 4.78 is 1.85. The second kappa shape index (κ2) is 5.96. The molecule has 6 heteroatoms. The van der Waals surface area contributed by atoms with E-state index in [2.05, 4.69) is 4.98 Å². The molecular weight excluding hydrogens is 280 g/mol. The van der Waals surface area contributed by atoms with Crippen LogP contribution in [0.5, 0.6) is 0 Å². The summed E-state index contributed by atoms with van der Waals surface area (Å²) in [6, 6.07) is 7.92. The predicted molar refractivity (Wildman–Crippen MR) is 86.0 cm³/mol. The highest BCUT2D eigenvalue weighted by Gasteiger charge is 2.25. The van der Waals surface area contributed by atoms with E-state index in [0.29, 0.717) is 19.6 Å². The van der Waals surface area contributed by atoms with E-state index >= 15 is 0 Å². The molecule has 0 unspecified atom stereocenters. The third kappa shape index (κ3) is 2.78. The van der Waals surface area contributed by atoms with Crippen molar-refractivity contribution >= 4 is 16.9 Å². The quantitative estimate of drug-likeness (QED) is 0.922. The van der Waals surface area contributed by atoms with Crippen molar-refractivity contribution in [2.75, 3.05) is 33.7 Å². The maximum absolute atomic E-state index is 12.2. The zero-order valence-corrected chi connectivity index (χ0v) is 13.1. The van der Waals surface area contributed by atoms with Gasteiger partial charge in [0, 0.05) is 19.1 Å². The molecule has 1 aromatic carbocycles. The minimum Gasteiger partial charge on any atom is -0.341 e. The van der Waals surface area contributed by atoms with Gasteiger partial charge in [0.2, 0.25) is 5.91 Å². The zero-order valence-electron chi connectivity index (χ0n) is 13.1. The number of carbonyl (C=O) groups excluding carboxylic acids is 1. The lowest BCUT2D eigenvalue weighted by molar-refractivity contribution is -0.133. The lowest BCUT2D eigenvalue weighted by Crippen LogP contribution is -2.43. The molecule has 0 saturated carbocycles. The Balaban J connectivity index is 1.75. The molecule has 6 nitrogen and oxygen atoms in total. The fourth-order valence-electron chi connectivity index (χ4n) is 3.18. The van der Waals surface area contributed by atoms with Gasteiger partial charge in [-0.25, -0.2) is 4.79 Å². The molecule has 1 aromatic heterocycles. The summed E-state index contributed by atoms with van der Waals surface area (Å²) in [5.41, 5.74) is 1.77. The van der Waals surface area contributed by atoms with E-state index < -0.39 is 0 Å². The molecule has 0 atom stereocenters. The highest BCUT2D eigenvalue weighted by Crippen LogP contribution is 2.24. The zero-order chi connectivity index (χ0) is 15.7. The minimum atomic E-state index is -0.0562. The number of amides is 1. The number of likely N-dealkylation sites (N-methyl/N-ethyl adjacent to an activating group) is 1. The first-order valence-electron chi connectivity index (χ1n) is 7.68. The second-order valence-electron chi connectivity index (χ2n) is 6.17. The maximum Gasteiger partial charge on any atom is 0.326 e. The van der Waals surface area contributed by atoms with E-state index in [1.165, 1.54) is 0 Å². The number of nitrogens with one attached hydrogen (secondary N) is 1. The predicted octanol–water partition coefficient (Wildman–Crippen LogP) is 1.05. The third-order valence-electron chi connectivity index (χ3n) is 4.26. The van der Waals surface area contributed by atoms with Crippen LogP contribution >= 0.6 is 0 Å².